The number of carboxylic acids is 1. The number of carboxylic acid groups (broad SMARTS) is 1. The summed E-state index contributed by atoms with van der Waals surface area (Å²) in [6, 6.07) is 12.9. The smallest absolute Gasteiger partial charge is 0.420 e. The molecule has 0 aliphatic heterocycles. The van der Waals surface area contributed by atoms with Crippen LogP contribution in [0, 0.1) is 0 Å². The molecule has 6 nitrogen and oxygen atoms in total. The number of halogens is 3. The molecule has 0 aliphatic carbocycles. The van der Waals surface area contributed by atoms with Gasteiger partial charge in [-0.05, 0) is 59.2 Å². The van der Waals surface area contributed by atoms with E-state index >= 15 is 0 Å². The van der Waals surface area contributed by atoms with Gasteiger partial charge in [0.05, 0.1) is 17.7 Å². The molecule has 0 saturated carbocycles. The molecule has 4 aromatic rings. The minimum atomic E-state index is -4.68. The highest BCUT2D eigenvalue weighted by molar-refractivity contribution is 5.92. The summed E-state index contributed by atoms with van der Waals surface area (Å²) in [4.78, 5) is 27.0. The lowest BCUT2D eigenvalue weighted by Gasteiger charge is -2.10. The van der Waals surface area contributed by atoms with Gasteiger partial charge in [-0.2, -0.15) is 13.2 Å². The summed E-state index contributed by atoms with van der Waals surface area (Å²) in [5.41, 5.74) is 0.131. The monoisotopic (exact) mass is 466 g/mol. The summed E-state index contributed by atoms with van der Waals surface area (Å²) in [6.45, 7) is -0.106. The van der Waals surface area contributed by atoms with E-state index in [1.165, 1.54) is 42.5 Å². The fraction of sp³-hybridized carbons (Fsp3) is 0.0800. The van der Waals surface area contributed by atoms with Crippen molar-refractivity contribution in [3.05, 3.63) is 95.5 Å². The zero-order valence-corrected chi connectivity index (χ0v) is 17.5. The molecule has 0 aliphatic rings. The minimum absolute atomic E-state index is 0.0276. The molecule has 0 spiro atoms. The van der Waals surface area contributed by atoms with Gasteiger partial charge in [-0.15, -0.1) is 0 Å². The Bertz CT molecular complexity index is 1380. The van der Waals surface area contributed by atoms with E-state index in [0.29, 0.717) is 5.56 Å². The first-order valence-electron chi connectivity index (χ1n) is 10.0. The summed E-state index contributed by atoms with van der Waals surface area (Å²) >= 11 is 0. The standard InChI is InChI=1S/C25H17F3N2O4/c26-25(27,28)21-12-18(16-4-6-17(7-5-16)24(32)33)10-19-11-20(34-23(19)21)14-30-22(31)8-3-15-2-1-9-29-13-15/h1-13H,14H2,(H,30,31)(H,32,33). The number of carbonyl (C=O) groups excluding carboxylic acids is 1. The van der Waals surface area contributed by atoms with E-state index in [0.717, 1.165) is 11.6 Å². The number of hydrogen-bond donors (Lipinski definition) is 2. The molecule has 0 radical (unpaired) electrons. The molecule has 0 atom stereocenters. The van der Waals surface area contributed by atoms with Crippen molar-refractivity contribution in [1.29, 1.82) is 0 Å². The van der Waals surface area contributed by atoms with Crippen molar-refractivity contribution >= 4 is 28.9 Å². The maximum atomic E-state index is 13.7. The highest BCUT2D eigenvalue weighted by atomic mass is 19.4. The number of rotatable bonds is 6. The van der Waals surface area contributed by atoms with Gasteiger partial charge >= 0.3 is 12.1 Å². The van der Waals surface area contributed by atoms with Crippen LogP contribution in [0.2, 0.25) is 0 Å². The summed E-state index contributed by atoms with van der Waals surface area (Å²) < 4.78 is 46.7. The molecule has 4 rings (SSSR count). The molecule has 2 heterocycles. The first-order chi connectivity index (χ1) is 16.2. The van der Waals surface area contributed by atoms with Crippen LogP contribution in [0.1, 0.15) is 27.2 Å². The molecule has 9 heteroatoms. The number of nitrogens with zero attached hydrogens (tertiary/aromatic N) is 1. The van der Waals surface area contributed by atoms with E-state index in [2.05, 4.69) is 10.3 Å². The number of carbonyl (C=O) groups is 2. The van der Waals surface area contributed by atoms with E-state index < -0.39 is 23.6 Å². The number of fused-ring (bicyclic) bond motifs is 1. The van der Waals surface area contributed by atoms with E-state index in [-0.39, 0.29) is 34.4 Å². The number of hydrogen-bond acceptors (Lipinski definition) is 4. The molecular weight excluding hydrogens is 449 g/mol. The molecule has 0 unspecified atom stereocenters. The molecule has 172 valence electrons. The first kappa shape index (κ1) is 22.8. The molecule has 1 amide bonds. The number of aromatic nitrogens is 1. The van der Waals surface area contributed by atoms with Crippen molar-refractivity contribution in [2.24, 2.45) is 0 Å². The summed E-state index contributed by atoms with van der Waals surface area (Å²) in [6.07, 6.45) is 1.35. The van der Waals surface area contributed by atoms with Crippen LogP contribution < -0.4 is 5.32 Å². The number of nitrogens with one attached hydrogen (secondary N) is 1. The van der Waals surface area contributed by atoms with E-state index in [9.17, 15) is 22.8 Å². The molecule has 2 N–H and O–H groups in total. The van der Waals surface area contributed by atoms with Crippen molar-refractivity contribution in [2.75, 3.05) is 0 Å². The second kappa shape index (κ2) is 9.22. The number of alkyl halides is 3. The molecular formula is C25H17F3N2O4. The maximum Gasteiger partial charge on any atom is 0.420 e. The van der Waals surface area contributed by atoms with E-state index in [1.807, 2.05) is 0 Å². The van der Waals surface area contributed by atoms with Crippen LogP contribution in [-0.2, 0) is 17.5 Å². The van der Waals surface area contributed by atoms with Crippen molar-refractivity contribution in [3.63, 3.8) is 0 Å². The molecule has 0 fully saturated rings. The zero-order chi connectivity index (χ0) is 24.3. The Labute approximate surface area is 191 Å². The Morgan fingerprint density at radius 3 is 2.47 bits per heavy atom. The number of pyridine rings is 1. The number of benzene rings is 2. The Morgan fingerprint density at radius 2 is 1.82 bits per heavy atom. The van der Waals surface area contributed by atoms with Gasteiger partial charge in [-0.25, -0.2) is 4.79 Å². The number of furan rings is 1. The summed E-state index contributed by atoms with van der Waals surface area (Å²) in [7, 11) is 0. The van der Waals surface area contributed by atoms with Crippen LogP contribution in [0.5, 0.6) is 0 Å². The second-order valence-corrected chi connectivity index (χ2v) is 7.37. The zero-order valence-electron chi connectivity index (χ0n) is 17.5. The van der Waals surface area contributed by atoms with Gasteiger partial charge in [-0.3, -0.25) is 9.78 Å². The van der Waals surface area contributed by atoms with Crippen LogP contribution in [0.4, 0.5) is 13.2 Å². The van der Waals surface area contributed by atoms with Crippen molar-refractivity contribution in [3.8, 4) is 11.1 Å². The fourth-order valence-corrected chi connectivity index (χ4v) is 3.36. The number of aromatic carboxylic acids is 1. The predicted octanol–water partition coefficient (Wildman–Crippen LogP) is 5.54. The summed E-state index contributed by atoms with van der Waals surface area (Å²) in [5.74, 6) is -1.42. The van der Waals surface area contributed by atoms with Crippen LogP contribution >= 0.6 is 0 Å². The third-order valence-electron chi connectivity index (χ3n) is 4.99. The Balaban J connectivity index is 1.59. The molecule has 2 aromatic carbocycles. The quantitative estimate of drug-likeness (QED) is 0.364. The highest BCUT2D eigenvalue weighted by Crippen LogP contribution is 2.39. The average molecular weight is 466 g/mol. The lowest BCUT2D eigenvalue weighted by Crippen LogP contribution is -2.19. The average Bonchev–Trinajstić information content (AvgIpc) is 3.23. The predicted molar refractivity (Wildman–Crippen MR) is 119 cm³/mol. The lowest BCUT2D eigenvalue weighted by atomic mass is 9.99. The van der Waals surface area contributed by atoms with Crippen LogP contribution in [0.15, 0.2) is 77.5 Å². The lowest BCUT2D eigenvalue weighted by molar-refractivity contribution is -0.136. The fourth-order valence-electron chi connectivity index (χ4n) is 3.36. The third-order valence-corrected chi connectivity index (χ3v) is 4.99. The van der Waals surface area contributed by atoms with Crippen molar-refractivity contribution < 1.29 is 32.3 Å². The van der Waals surface area contributed by atoms with Gasteiger partial charge < -0.3 is 14.8 Å². The van der Waals surface area contributed by atoms with E-state index in [4.69, 9.17) is 9.52 Å². The van der Waals surface area contributed by atoms with Gasteiger partial charge in [0.25, 0.3) is 0 Å². The van der Waals surface area contributed by atoms with Gasteiger partial charge in [0.1, 0.15) is 11.3 Å². The van der Waals surface area contributed by atoms with Gasteiger partial charge in [0.2, 0.25) is 5.91 Å². The van der Waals surface area contributed by atoms with Crippen LogP contribution in [-0.4, -0.2) is 22.0 Å². The van der Waals surface area contributed by atoms with Gasteiger partial charge in [0, 0.05) is 23.9 Å². The maximum absolute atomic E-state index is 13.7. The van der Waals surface area contributed by atoms with Crippen molar-refractivity contribution in [2.45, 2.75) is 12.7 Å². The first-order valence-corrected chi connectivity index (χ1v) is 10.0. The molecule has 0 saturated heterocycles. The summed E-state index contributed by atoms with van der Waals surface area (Å²) in [5, 5.41) is 11.8. The second-order valence-electron chi connectivity index (χ2n) is 7.37. The Morgan fingerprint density at radius 1 is 1.06 bits per heavy atom. The highest BCUT2D eigenvalue weighted by Gasteiger charge is 2.35. The molecule has 34 heavy (non-hydrogen) atoms. The topological polar surface area (TPSA) is 92.4 Å². The van der Waals surface area contributed by atoms with Crippen LogP contribution in [0.25, 0.3) is 28.2 Å². The third kappa shape index (κ3) is 5.15. The van der Waals surface area contributed by atoms with Gasteiger partial charge in [0.15, 0.2) is 0 Å². The minimum Gasteiger partial charge on any atom is -0.478 e. The number of amides is 1. The van der Waals surface area contributed by atoms with E-state index in [1.54, 1.807) is 30.6 Å². The largest absolute Gasteiger partial charge is 0.478 e. The Hall–Kier alpha value is -4.40. The molecule has 2 aromatic heterocycles. The van der Waals surface area contributed by atoms with Crippen molar-refractivity contribution in [1.82, 2.24) is 10.3 Å². The van der Waals surface area contributed by atoms with Crippen LogP contribution in [0.3, 0.4) is 0 Å². The van der Waals surface area contributed by atoms with Gasteiger partial charge in [-0.1, -0.05) is 18.2 Å². The Kier molecular flexibility index (Phi) is 6.18. The SMILES string of the molecule is O=C(C=Cc1cccnc1)NCc1cc2cc(-c3ccc(C(=O)O)cc3)cc(C(F)(F)F)c2o1. The molecule has 0 bridgehead atoms. The normalized spacial score (nSPS) is 11.7.